The highest BCUT2D eigenvalue weighted by molar-refractivity contribution is 6.11. The van der Waals surface area contributed by atoms with Crippen LogP contribution < -0.4 is 0 Å². The molecule has 2 aromatic rings. The molecule has 2 aromatic carbocycles. The molecule has 0 amide bonds. The number of carbonyl (C=O) groups is 1. The molecule has 0 fully saturated rings. The summed E-state index contributed by atoms with van der Waals surface area (Å²) >= 11 is 0. The molecule has 0 bridgehead atoms. The molecule has 0 aliphatic carbocycles. The van der Waals surface area contributed by atoms with Crippen LogP contribution in [0.3, 0.4) is 0 Å². The van der Waals surface area contributed by atoms with Gasteiger partial charge in [-0.05, 0) is 44.4 Å². The molecule has 92 valence electrons. The first-order valence-corrected chi connectivity index (χ1v) is 6.19. The van der Waals surface area contributed by atoms with Crippen molar-refractivity contribution in [3.8, 4) is 0 Å². The van der Waals surface area contributed by atoms with E-state index in [9.17, 15) is 4.79 Å². The summed E-state index contributed by atoms with van der Waals surface area (Å²) in [6, 6.07) is 11.8. The van der Waals surface area contributed by atoms with Crippen molar-refractivity contribution in [3.63, 3.8) is 0 Å². The fourth-order valence-electron chi connectivity index (χ4n) is 2.15. The summed E-state index contributed by atoms with van der Waals surface area (Å²) in [6.45, 7) is 8.08. The van der Waals surface area contributed by atoms with Gasteiger partial charge in [0.2, 0.25) is 0 Å². The molecule has 1 heteroatoms. The Bertz CT molecular complexity index is 592. The third-order valence-electron chi connectivity index (χ3n) is 3.48. The minimum atomic E-state index is 0.119. The molecule has 0 saturated carbocycles. The molecule has 1 nitrogen and oxygen atoms in total. The summed E-state index contributed by atoms with van der Waals surface area (Å²) in [5.41, 5.74) is 6.07. The number of hydrogen-bond acceptors (Lipinski definition) is 1. The third kappa shape index (κ3) is 2.21. The molecule has 18 heavy (non-hydrogen) atoms. The number of hydrogen-bond donors (Lipinski definition) is 0. The molecule has 0 aliphatic heterocycles. The van der Waals surface area contributed by atoms with Gasteiger partial charge in [-0.15, -0.1) is 0 Å². The van der Waals surface area contributed by atoms with Gasteiger partial charge in [0.1, 0.15) is 0 Å². The Morgan fingerprint density at radius 1 is 0.778 bits per heavy atom. The van der Waals surface area contributed by atoms with E-state index in [2.05, 4.69) is 6.07 Å². The van der Waals surface area contributed by atoms with Gasteiger partial charge >= 0.3 is 0 Å². The van der Waals surface area contributed by atoms with Crippen molar-refractivity contribution < 1.29 is 4.79 Å². The lowest BCUT2D eigenvalue weighted by molar-refractivity contribution is 0.103. The van der Waals surface area contributed by atoms with Crippen LogP contribution in [-0.4, -0.2) is 5.78 Å². The van der Waals surface area contributed by atoms with Crippen LogP contribution in [0.4, 0.5) is 0 Å². The standard InChI is InChI=1S/C17H18O/c1-11-5-9-15(10-6-11)17(18)16-13(3)8-7-12(2)14(16)4/h5-10H,1-4H3. The molecule has 0 atom stereocenters. The molecule has 0 N–H and O–H groups in total. The maximum atomic E-state index is 12.6. The van der Waals surface area contributed by atoms with Crippen molar-refractivity contribution in [2.75, 3.05) is 0 Å². The molecular formula is C17H18O. The number of aryl methyl sites for hydroxylation is 3. The summed E-state index contributed by atoms with van der Waals surface area (Å²) in [4.78, 5) is 12.6. The minimum Gasteiger partial charge on any atom is -0.289 e. The molecule has 0 heterocycles. The highest BCUT2D eigenvalue weighted by Gasteiger charge is 2.15. The number of ketones is 1. The van der Waals surface area contributed by atoms with E-state index in [4.69, 9.17) is 0 Å². The first-order valence-electron chi connectivity index (χ1n) is 6.19. The Morgan fingerprint density at radius 3 is 1.94 bits per heavy atom. The quantitative estimate of drug-likeness (QED) is 0.718. The summed E-state index contributed by atoms with van der Waals surface area (Å²) in [5.74, 6) is 0.119. The fraction of sp³-hybridized carbons (Fsp3) is 0.235. The Kier molecular flexibility index (Phi) is 3.33. The van der Waals surface area contributed by atoms with Gasteiger partial charge in [0, 0.05) is 11.1 Å². The maximum absolute atomic E-state index is 12.6. The SMILES string of the molecule is Cc1ccc(C(=O)c2c(C)ccc(C)c2C)cc1. The van der Waals surface area contributed by atoms with Crippen molar-refractivity contribution in [1.29, 1.82) is 0 Å². The molecule has 2 rings (SSSR count). The minimum absolute atomic E-state index is 0.119. The van der Waals surface area contributed by atoms with E-state index in [0.717, 1.165) is 27.8 Å². The average Bonchev–Trinajstić information content (AvgIpc) is 2.35. The second-order valence-electron chi connectivity index (χ2n) is 4.89. The molecule has 0 spiro atoms. The highest BCUT2D eigenvalue weighted by atomic mass is 16.1. The van der Waals surface area contributed by atoms with E-state index in [0.29, 0.717) is 0 Å². The molecule has 0 aliphatic rings. The van der Waals surface area contributed by atoms with Crippen LogP contribution >= 0.6 is 0 Å². The van der Waals surface area contributed by atoms with Gasteiger partial charge < -0.3 is 0 Å². The summed E-state index contributed by atoms with van der Waals surface area (Å²) in [7, 11) is 0. The van der Waals surface area contributed by atoms with Crippen LogP contribution in [0.25, 0.3) is 0 Å². The van der Waals surface area contributed by atoms with Crippen LogP contribution in [0.1, 0.15) is 38.2 Å². The highest BCUT2D eigenvalue weighted by Crippen LogP contribution is 2.21. The Balaban J connectivity index is 2.52. The van der Waals surface area contributed by atoms with Crippen molar-refractivity contribution in [3.05, 3.63) is 69.8 Å². The maximum Gasteiger partial charge on any atom is 0.193 e. The van der Waals surface area contributed by atoms with Crippen molar-refractivity contribution in [2.24, 2.45) is 0 Å². The van der Waals surface area contributed by atoms with Crippen LogP contribution in [-0.2, 0) is 0 Å². The largest absolute Gasteiger partial charge is 0.289 e. The lowest BCUT2D eigenvalue weighted by Crippen LogP contribution is -2.07. The topological polar surface area (TPSA) is 17.1 Å². The van der Waals surface area contributed by atoms with E-state index in [1.807, 2.05) is 58.0 Å². The van der Waals surface area contributed by atoms with Crippen LogP contribution in [0, 0.1) is 27.7 Å². The molecule has 0 saturated heterocycles. The second kappa shape index (κ2) is 4.77. The zero-order valence-corrected chi connectivity index (χ0v) is 11.4. The van der Waals surface area contributed by atoms with Crippen molar-refractivity contribution in [1.82, 2.24) is 0 Å². The van der Waals surface area contributed by atoms with Gasteiger partial charge in [0.15, 0.2) is 5.78 Å². The number of benzene rings is 2. The fourth-order valence-corrected chi connectivity index (χ4v) is 2.15. The molecule has 0 radical (unpaired) electrons. The van der Waals surface area contributed by atoms with Gasteiger partial charge in [-0.25, -0.2) is 0 Å². The predicted molar refractivity (Wildman–Crippen MR) is 75.3 cm³/mol. The van der Waals surface area contributed by atoms with E-state index < -0.39 is 0 Å². The van der Waals surface area contributed by atoms with Crippen LogP contribution in [0.2, 0.25) is 0 Å². The van der Waals surface area contributed by atoms with Gasteiger partial charge in [-0.3, -0.25) is 4.79 Å². The van der Waals surface area contributed by atoms with E-state index in [1.54, 1.807) is 0 Å². The second-order valence-corrected chi connectivity index (χ2v) is 4.89. The molecule has 0 aromatic heterocycles. The third-order valence-corrected chi connectivity index (χ3v) is 3.48. The summed E-state index contributed by atoms with van der Waals surface area (Å²) in [6.07, 6.45) is 0. The van der Waals surface area contributed by atoms with Gasteiger partial charge in [0.05, 0.1) is 0 Å². The smallest absolute Gasteiger partial charge is 0.193 e. The van der Waals surface area contributed by atoms with E-state index in [-0.39, 0.29) is 5.78 Å². The first kappa shape index (κ1) is 12.6. The zero-order chi connectivity index (χ0) is 13.3. The van der Waals surface area contributed by atoms with Crippen LogP contribution in [0.15, 0.2) is 36.4 Å². The molecular weight excluding hydrogens is 220 g/mol. The lowest BCUT2D eigenvalue weighted by Gasteiger charge is -2.11. The van der Waals surface area contributed by atoms with E-state index in [1.165, 1.54) is 5.56 Å². The van der Waals surface area contributed by atoms with E-state index >= 15 is 0 Å². The molecule has 0 unspecified atom stereocenters. The Morgan fingerprint density at radius 2 is 1.33 bits per heavy atom. The van der Waals surface area contributed by atoms with Crippen molar-refractivity contribution >= 4 is 5.78 Å². The first-order chi connectivity index (χ1) is 8.50. The van der Waals surface area contributed by atoms with Gasteiger partial charge in [-0.1, -0.05) is 42.0 Å². The van der Waals surface area contributed by atoms with Crippen LogP contribution in [0.5, 0.6) is 0 Å². The monoisotopic (exact) mass is 238 g/mol. The Hall–Kier alpha value is -1.89. The normalized spacial score (nSPS) is 10.4. The van der Waals surface area contributed by atoms with Crippen molar-refractivity contribution in [2.45, 2.75) is 27.7 Å². The van der Waals surface area contributed by atoms with Gasteiger partial charge in [0.25, 0.3) is 0 Å². The predicted octanol–water partition coefficient (Wildman–Crippen LogP) is 4.15. The summed E-state index contributed by atoms with van der Waals surface area (Å²) in [5, 5.41) is 0. The number of carbonyl (C=O) groups excluding carboxylic acids is 1. The number of rotatable bonds is 2. The zero-order valence-electron chi connectivity index (χ0n) is 11.4. The average molecular weight is 238 g/mol. The Labute approximate surface area is 108 Å². The summed E-state index contributed by atoms with van der Waals surface area (Å²) < 4.78 is 0. The lowest BCUT2D eigenvalue weighted by atomic mass is 9.92. The van der Waals surface area contributed by atoms with Gasteiger partial charge in [-0.2, -0.15) is 0 Å².